The van der Waals surface area contributed by atoms with Crippen molar-refractivity contribution in [2.75, 3.05) is 23.3 Å². The maximum absolute atomic E-state index is 12.9. The van der Waals surface area contributed by atoms with Gasteiger partial charge in [0.2, 0.25) is 0 Å². The topological polar surface area (TPSA) is 75.7 Å². The standard InChI is InChI=1S/C19H17FN2O4S2/c1-22(28(24,25)19-3-2-12-27-19)16-8-10-17(11-9-16)26-13-18(23)21-15-6-4-14(20)5-7-15/h2-12H,13H2,1H3,(H,21,23). The van der Waals surface area contributed by atoms with Gasteiger partial charge in [0.25, 0.3) is 15.9 Å². The SMILES string of the molecule is CN(c1ccc(OCC(=O)Nc2ccc(F)cc2)cc1)S(=O)(=O)c1cccs1. The van der Waals surface area contributed by atoms with Crippen LogP contribution in [-0.2, 0) is 14.8 Å². The average Bonchev–Trinajstić information content (AvgIpc) is 3.24. The Hall–Kier alpha value is -2.91. The Morgan fingerprint density at radius 1 is 1.11 bits per heavy atom. The van der Waals surface area contributed by atoms with Gasteiger partial charge >= 0.3 is 0 Å². The minimum Gasteiger partial charge on any atom is -0.484 e. The molecule has 0 radical (unpaired) electrons. The molecule has 3 rings (SSSR count). The second kappa shape index (κ2) is 8.41. The molecule has 0 aliphatic rings. The molecule has 6 nitrogen and oxygen atoms in total. The van der Waals surface area contributed by atoms with Crippen molar-refractivity contribution >= 4 is 38.6 Å². The van der Waals surface area contributed by atoms with Crippen LogP contribution >= 0.6 is 11.3 Å². The van der Waals surface area contributed by atoms with Gasteiger partial charge in [-0.1, -0.05) is 6.07 Å². The number of thiophene rings is 1. The molecular formula is C19H17FN2O4S2. The number of carbonyl (C=O) groups excluding carboxylic acids is 1. The monoisotopic (exact) mass is 420 g/mol. The second-order valence-corrected chi connectivity index (χ2v) is 8.89. The van der Waals surface area contributed by atoms with Crippen LogP contribution in [0.25, 0.3) is 0 Å². The number of hydrogen-bond acceptors (Lipinski definition) is 5. The van der Waals surface area contributed by atoms with E-state index in [4.69, 9.17) is 4.74 Å². The van der Waals surface area contributed by atoms with Gasteiger partial charge in [-0.3, -0.25) is 9.10 Å². The van der Waals surface area contributed by atoms with Crippen molar-refractivity contribution in [2.24, 2.45) is 0 Å². The number of carbonyl (C=O) groups is 1. The van der Waals surface area contributed by atoms with Crippen molar-refractivity contribution in [1.82, 2.24) is 0 Å². The summed E-state index contributed by atoms with van der Waals surface area (Å²) in [5.41, 5.74) is 0.933. The normalized spacial score (nSPS) is 11.1. The second-order valence-electron chi connectivity index (χ2n) is 5.74. The summed E-state index contributed by atoms with van der Waals surface area (Å²) in [6.07, 6.45) is 0. The van der Waals surface area contributed by atoms with E-state index in [0.29, 0.717) is 17.1 Å². The summed E-state index contributed by atoms with van der Waals surface area (Å²) in [6, 6.07) is 15.0. The highest BCUT2D eigenvalue weighted by Crippen LogP contribution is 2.26. The number of amides is 1. The number of benzene rings is 2. The molecule has 0 saturated carbocycles. The molecule has 1 amide bonds. The summed E-state index contributed by atoms with van der Waals surface area (Å²) in [5.74, 6) is -0.367. The summed E-state index contributed by atoms with van der Waals surface area (Å²) < 4.78 is 44.7. The van der Waals surface area contributed by atoms with Crippen molar-refractivity contribution in [3.63, 3.8) is 0 Å². The lowest BCUT2D eigenvalue weighted by Crippen LogP contribution is -2.25. The van der Waals surface area contributed by atoms with Gasteiger partial charge in [-0.2, -0.15) is 0 Å². The van der Waals surface area contributed by atoms with E-state index >= 15 is 0 Å². The predicted octanol–water partition coefficient (Wildman–Crippen LogP) is 3.73. The molecule has 146 valence electrons. The molecule has 28 heavy (non-hydrogen) atoms. The van der Waals surface area contributed by atoms with Crippen molar-refractivity contribution in [3.05, 3.63) is 71.9 Å². The minimum atomic E-state index is -3.60. The number of nitrogens with zero attached hydrogens (tertiary/aromatic N) is 1. The molecule has 2 aromatic carbocycles. The Morgan fingerprint density at radius 3 is 2.39 bits per heavy atom. The number of halogens is 1. The molecule has 0 saturated heterocycles. The van der Waals surface area contributed by atoms with E-state index in [2.05, 4.69) is 5.32 Å². The van der Waals surface area contributed by atoms with E-state index in [-0.39, 0.29) is 16.6 Å². The van der Waals surface area contributed by atoms with Gasteiger partial charge in [0.1, 0.15) is 15.8 Å². The van der Waals surface area contributed by atoms with Crippen LogP contribution in [0.15, 0.2) is 70.3 Å². The highest BCUT2D eigenvalue weighted by Gasteiger charge is 2.22. The zero-order valence-corrected chi connectivity index (χ0v) is 16.5. The first kappa shape index (κ1) is 19.8. The lowest BCUT2D eigenvalue weighted by molar-refractivity contribution is -0.118. The zero-order valence-electron chi connectivity index (χ0n) is 14.8. The Labute approximate surface area is 166 Å². The van der Waals surface area contributed by atoms with Crippen LogP contribution in [0.2, 0.25) is 0 Å². The van der Waals surface area contributed by atoms with Gasteiger partial charge in [0.05, 0.1) is 5.69 Å². The predicted molar refractivity (Wildman–Crippen MR) is 107 cm³/mol. The van der Waals surface area contributed by atoms with Crippen molar-refractivity contribution in [1.29, 1.82) is 0 Å². The van der Waals surface area contributed by atoms with Crippen LogP contribution < -0.4 is 14.4 Å². The number of ether oxygens (including phenoxy) is 1. The first-order valence-corrected chi connectivity index (χ1v) is 10.5. The molecule has 0 aliphatic heterocycles. The molecule has 0 atom stereocenters. The first-order valence-electron chi connectivity index (χ1n) is 8.17. The third kappa shape index (κ3) is 4.68. The van der Waals surface area contributed by atoms with Crippen LogP contribution in [0, 0.1) is 5.82 Å². The maximum atomic E-state index is 12.9. The molecule has 0 unspecified atom stereocenters. The molecule has 0 bridgehead atoms. The molecule has 1 aromatic heterocycles. The fourth-order valence-electron chi connectivity index (χ4n) is 2.32. The average molecular weight is 420 g/mol. The zero-order chi connectivity index (χ0) is 20.1. The summed E-state index contributed by atoms with van der Waals surface area (Å²) in [6.45, 7) is -0.236. The van der Waals surface area contributed by atoms with Crippen LogP contribution in [0.3, 0.4) is 0 Å². The van der Waals surface area contributed by atoms with Crippen LogP contribution in [-0.4, -0.2) is 28.0 Å². The van der Waals surface area contributed by atoms with Crippen LogP contribution in [0.1, 0.15) is 0 Å². The lowest BCUT2D eigenvalue weighted by atomic mass is 10.3. The molecule has 0 aliphatic carbocycles. The number of sulfonamides is 1. The summed E-state index contributed by atoms with van der Waals surface area (Å²) in [5, 5.41) is 4.29. The highest BCUT2D eigenvalue weighted by molar-refractivity contribution is 7.94. The first-order chi connectivity index (χ1) is 13.4. The van der Waals surface area contributed by atoms with E-state index in [9.17, 15) is 17.6 Å². The number of rotatable bonds is 7. The van der Waals surface area contributed by atoms with Crippen LogP contribution in [0.5, 0.6) is 5.75 Å². The number of nitrogens with one attached hydrogen (secondary N) is 1. The fraction of sp³-hybridized carbons (Fsp3) is 0.105. The van der Waals surface area contributed by atoms with E-state index < -0.39 is 15.9 Å². The van der Waals surface area contributed by atoms with Crippen molar-refractivity contribution in [2.45, 2.75) is 4.21 Å². The molecule has 1 N–H and O–H groups in total. The highest BCUT2D eigenvalue weighted by atomic mass is 32.2. The third-order valence-electron chi connectivity index (χ3n) is 3.81. The summed E-state index contributed by atoms with van der Waals surface area (Å²) in [7, 11) is -2.13. The largest absolute Gasteiger partial charge is 0.484 e. The Kier molecular flexibility index (Phi) is 5.96. The van der Waals surface area contributed by atoms with Gasteiger partial charge in [-0.15, -0.1) is 11.3 Å². The number of anilines is 2. The fourth-order valence-corrected chi connectivity index (χ4v) is 4.67. The Morgan fingerprint density at radius 2 is 1.79 bits per heavy atom. The maximum Gasteiger partial charge on any atom is 0.273 e. The van der Waals surface area contributed by atoms with E-state index in [1.807, 2.05) is 0 Å². The Balaban J connectivity index is 1.58. The smallest absolute Gasteiger partial charge is 0.273 e. The van der Waals surface area contributed by atoms with Gasteiger partial charge < -0.3 is 10.1 Å². The van der Waals surface area contributed by atoms with Crippen LogP contribution in [0.4, 0.5) is 15.8 Å². The van der Waals surface area contributed by atoms with Gasteiger partial charge in [-0.25, -0.2) is 12.8 Å². The molecule has 0 spiro atoms. The number of hydrogen-bond donors (Lipinski definition) is 1. The molecule has 3 aromatic rings. The molecular weight excluding hydrogens is 403 g/mol. The molecule has 9 heteroatoms. The summed E-state index contributed by atoms with van der Waals surface area (Å²) >= 11 is 1.15. The van der Waals surface area contributed by atoms with Gasteiger partial charge in [-0.05, 0) is 60.0 Å². The Bertz CT molecular complexity index is 1030. The van der Waals surface area contributed by atoms with Crippen molar-refractivity contribution < 1.29 is 22.3 Å². The molecule has 1 heterocycles. The van der Waals surface area contributed by atoms with Gasteiger partial charge in [0.15, 0.2) is 6.61 Å². The summed E-state index contributed by atoms with van der Waals surface area (Å²) in [4.78, 5) is 11.9. The van der Waals surface area contributed by atoms with E-state index in [1.54, 1.807) is 41.8 Å². The lowest BCUT2D eigenvalue weighted by Gasteiger charge is -2.18. The minimum absolute atomic E-state index is 0.236. The van der Waals surface area contributed by atoms with E-state index in [1.165, 1.54) is 35.6 Å². The van der Waals surface area contributed by atoms with E-state index in [0.717, 1.165) is 11.3 Å². The van der Waals surface area contributed by atoms with Gasteiger partial charge in [0, 0.05) is 12.7 Å². The molecule has 0 fully saturated rings. The quantitative estimate of drug-likeness (QED) is 0.632. The third-order valence-corrected chi connectivity index (χ3v) is 6.97. The van der Waals surface area contributed by atoms with Crippen molar-refractivity contribution in [3.8, 4) is 5.75 Å².